The van der Waals surface area contributed by atoms with Crippen LogP contribution in [0.5, 0.6) is 5.75 Å². The average Bonchev–Trinajstić information content (AvgIpc) is 3.45. The van der Waals surface area contributed by atoms with Crippen molar-refractivity contribution in [2.45, 2.75) is 6.61 Å². The molecule has 2 heterocycles. The minimum atomic E-state index is -0.180. The zero-order valence-corrected chi connectivity index (χ0v) is 22.0. The fourth-order valence-corrected chi connectivity index (χ4v) is 4.81. The van der Waals surface area contributed by atoms with Crippen LogP contribution in [0.25, 0.3) is 11.0 Å². The molecule has 7 heteroatoms. The van der Waals surface area contributed by atoms with E-state index in [1.807, 2.05) is 89.8 Å². The van der Waals surface area contributed by atoms with Gasteiger partial charge in [-0.25, -0.2) is 0 Å². The Morgan fingerprint density at radius 1 is 0.775 bits per heavy atom. The first-order valence-electron chi connectivity index (χ1n) is 13.3. The van der Waals surface area contributed by atoms with Gasteiger partial charge in [0.2, 0.25) is 0 Å². The van der Waals surface area contributed by atoms with E-state index in [1.165, 1.54) is 0 Å². The van der Waals surface area contributed by atoms with Crippen molar-refractivity contribution in [3.05, 3.63) is 126 Å². The Kier molecular flexibility index (Phi) is 7.18. The molecule has 1 saturated heterocycles. The number of anilines is 2. The van der Waals surface area contributed by atoms with Crippen LogP contribution < -0.4 is 15.0 Å². The van der Waals surface area contributed by atoms with Crippen LogP contribution >= 0.6 is 0 Å². The molecule has 0 radical (unpaired) electrons. The zero-order chi connectivity index (χ0) is 27.3. The molecule has 7 nitrogen and oxygen atoms in total. The van der Waals surface area contributed by atoms with E-state index in [0.717, 1.165) is 41.0 Å². The van der Waals surface area contributed by atoms with Crippen molar-refractivity contribution in [2.75, 3.05) is 36.4 Å². The average molecular weight is 532 g/mol. The third-order valence-corrected chi connectivity index (χ3v) is 7.06. The van der Waals surface area contributed by atoms with Gasteiger partial charge in [-0.15, -0.1) is 0 Å². The van der Waals surface area contributed by atoms with E-state index in [1.54, 1.807) is 24.3 Å². The van der Waals surface area contributed by atoms with Crippen molar-refractivity contribution in [3.8, 4) is 5.75 Å². The van der Waals surface area contributed by atoms with Crippen LogP contribution in [0, 0.1) is 0 Å². The highest BCUT2D eigenvalue weighted by atomic mass is 16.5. The molecule has 1 aromatic heterocycles. The number of carbonyl (C=O) groups excluding carboxylic acids is 2. The van der Waals surface area contributed by atoms with Crippen LogP contribution in [0.3, 0.4) is 0 Å². The van der Waals surface area contributed by atoms with E-state index < -0.39 is 0 Å². The Labute approximate surface area is 232 Å². The molecular formula is C33H29N3O4. The maximum Gasteiger partial charge on any atom is 0.289 e. The Bertz CT molecular complexity index is 1570. The van der Waals surface area contributed by atoms with Gasteiger partial charge in [-0.2, -0.15) is 0 Å². The minimum absolute atomic E-state index is 0.0790. The van der Waals surface area contributed by atoms with Gasteiger partial charge in [0.25, 0.3) is 11.8 Å². The molecule has 1 aliphatic rings. The molecular weight excluding hydrogens is 502 g/mol. The summed E-state index contributed by atoms with van der Waals surface area (Å²) >= 11 is 0. The summed E-state index contributed by atoms with van der Waals surface area (Å²) in [5, 5.41) is 3.89. The van der Waals surface area contributed by atoms with Gasteiger partial charge in [-0.05, 0) is 66.2 Å². The first-order chi connectivity index (χ1) is 19.6. The van der Waals surface area contributed by atoms with Crippen LogP contribution in [0.2, 0.25) is 0 Å². The fourth-order valence-electron chi connectivity index (χ4n) is 4.81. The number of rotatable bonds is 7. The molecule has 4 aromatic carbocycles. The second-order valence-corrected chi connectivity index (χ2v) is 9.73. The maximum atomic E-state index is 13.0. The van der Waals surface area contributed by atoms with Gasteiger partial charge in [0.1, 0.15) is 17.9 Å². The Morgan fingerprint density at radius 3 is 2.20 bits per heavy atom. The van der Waals surface area contributed by atoms with Gasteiger partial charge in [0, 0.05) is 48.5 Å². The van der Waals surface area contributed by atoms with Crippen molar-refractivity contribution >= 4 is 34.2 Å². The molecule has 2 amide bonds. The van der Waals surface area contributed by atoms with Crippen molar-refractivity contribution in [3.63, 3.8) is 0 Å². The summed E-state index contributed by atoms with van der Waals surface area (Å²) in [6.45, 7) is 3.14. The summed E-state index contributed by atoms with van der Waals surface area (Å²) in [4.78, 5) is 29.8. The molecule has 5 aromatic rings. The predicted octanol–water partition coefficient (Wildman–Crippen LogP) is 6.23. The van der Waals surface area contributed by atoms with E-state index in [9.17, 15) is 9.59 Å². The molecule has 1 fully saturated rings. The largest absolute Gasteiger partial charge is 0.489 e. The van der Waals surface area contributed by atoms with Gasteiger partial charge in [0.05, 0.1) is 0 Å². The summed E-state index contributed by atoms with van der Waals surface area (Å²) in [7, 11) is 0. The number of nitrogens with zero attached hydrogens (tertiary/aromatic N) is 2. The highest BCUT2D eigenvalue weighted by Gasteiger charge is 2.24. The van der Waals surface area contributed by atoms with Crippen LogP contribution in [0.15, 0.2) is 114 Å². The quantitative estimate of drug-likeness (QED) is 0.270. The first kappa shape index (κ1) is 25.2. The summed E-state index contributed by atoms with van der Waals surface area (Å²) in [6, 6.07) is 34.3. The number of carbonyl (C=O) groups is 2. The molecule has 40 heavy (non-hydrogen) atoms. The lowest BCUT2D eigenvalue weighted by atomic mass is 10.2. The number of furan rings is 1. The van der Waals surface area contributed by atoms with Crippen molar-refractivity contribution < 1.29 is 18.7 Å². The van der Waals surface area contributed by atoms with E-state index >= 15 is 0 Å². The molecule has 0 unspecified atom stereocenters. The third kappa shape index (κ3) is 5.68. The molecule has 1 aliphatic heterocycles. The van der Waals surface area contributed by atoms with E-state index in [-0.39, 0.29) is 11.8 Å². The highest BCUT2D eigenvalue weighted by molar-refractivity contribution is 6.04. The van der Waals surface area contributed by atoms with Gasteiger partial charge < -0.3 is 24.3 Å². The summed E-state index contributed by atoms with van der Waals surface area (Å²) in [5.74, 6) is 0.831. The predicted molar refractivity (Wildman–Crippen MR) is 156 cm³/mol. The van der Waals surface area contributed by atoms with Gasteiger partial charge >= 0.3 is 0 Å². The second-order valence-electron chi connectivity index (χ2n) is 9.73. The molecule has 6 rings (SSSR count). The molecule has 1 N–H and O–H groups in total. The Hall–Kier alpha value is -5.04. The zero-order valence-electron chi connectivity index (χ0n) is 22.0. The van der Waals surface area contributed by atoms with Gasteiger partial charge in [-0.1, -0.05) is 48.5 Å². The summed E-state index contributed by atoms with van der Waals surface area (Å²) in [6.07, 6.45) is 0. The molecule has 0 spiro atoms. The fraction of sp³-hybridized carbons (Fsp3) is 0.152. The SMILES string of the molecule is O=C(Nc1ccc(N2CCN(C(=O)c3cc4ccccc4o3)CC2)cc1)c1ccc(OCc2ccccc2)cc1. The molecule has 200 valence electrons. The monoisotopic (exact) mass is 531 g/mol. The van der Waals surface area contributed by atoms with E-state index in [0.29, 0.717) is 36.8 Å². The van der Waals surface area contributed by atoms with Crippen LogP contribution in [-0.4, -0.2) is 42.9 Å². The number of para-hydroxylation sites is 1. The normalized spacial score (nSPS) is 13.3. The standard InChI is InChI=1S/C33H29N3O4/c37-32(25-10-16-29(17-11-25)39-23-24-6-2-1-3-7-24)34-27-12-14-28(15-13-27)35-18-20-36(21-19-35)33(38)31-22-26-8-4-5-9-30(26)40-31/h1-17,22H,18-21,23H2,(H,34,37). The lowest BCUT2D eigenvalue weighted by molar-refractivity contribution is 0.0717. The van der Waals surface area contributed by atoms with Crippen molar-refractivity contribution in [1.29, 1.82) is 0 Å². The molecule has 0 atom stereocenters. The van der Waals surface area contributed by atoms with Crippen LogP contribution in [0.1, 0.15) is 26.5 Å². The minimum Gasteiger partial charge on any atom is -0.489 e. The number of piperazine rings is 1. The van der Waals surface area contributed by atoms with Crippen molar-refractivity contribution in [2.24, 2.45) is 0 Å². The Morgan fingerprint density at radius 2 is 1.48 bits per heavy atom. The number of fused-ring (bicyclic) bond motifs is 1. The molecule has 0 bridgehead atoms. The van der Waals surface area contributed by atoms with Crippen molar-refractivity contribution in [1.82, 2.24) is 4.90 Å². The third-order valence-electron chi connectivity index (χ3n) is 7.06. The van der Waals surface area contributed by atoms with Gasteiger partial charge in [-0.3, -0.25) is 9.59 Å². The van der Waals surface area contributed by atoms with E-state index in [2.05, 4.69) is 10.2 Å². The number of amides is 2. The lowest BCUT2D eigenvalue weighted by Crippen LogP contribution is -2.48. The Balaban J connectivity index is 0.998. The van der Waals surface area contributed by atoms with Crippen LogP contribution in [-0.2, 0) is 6.61 Å². The number of ether oxygens (including phenoxy) is 1. The van der Waals surface area contributed by atoms with E-state index in [4.69, 9.17) is 9.15 Å². The summed E-state index contributed by atoms with van der Waals surface area (Å²) < 4.78 is 11.6. The topological polar surface area (TPSA) is 75.0 Å². The van der Waals surface area contributed by atoms with Crippen LogP contribution in [0.4, 0.5) is 11.4 Å². The smallest absolute Gasteiger partial charge is 0.289 e. The number of hydrogen-bond donors (Lipinski definition) is 1. The molecule has 0 aliphatic carbocycles. The number of nitrogens with one attached hydrogen (secondary N) is 1. The first-order valence-corrected chi connectivity index (χ1v) is 13.3. The number of benzene rings is 4. The lowest BCUT2D eigenvalue weighted by Gasteiger charge is -2.35. The number of hydrogen-bond acceptors (Lipinski definition) is 5. The second kappa shape index (κ2) is 11.4. The maximum absolute atomic E-state index is 13.0. The highest BCUT2D eigenvalue weighted by Crippen LogP contribution is 2.23. The molecule has 0 saturated carbocycles. The van der Waals surface area contributed by atoms with Gasteiger partial charge in [0.15, 0.2) is 5.76 Å². The summed E-state index contributed by atoms with van der Waals surface area (Å²) in [5.41, 5.74) is 4.14.